The molecule has 60 heavy (non-hydrogen) atoms. The van der Waals surface area contributed by atoms with Gasteiger partial charge in [-0.05, 0) is 172 Å². The van der Waals surface area contributed by atoms with Crippen LogP contribution in [-0.4, -0.2) is 62.2 Å². The van der Waals surface area contributed by atoms with Crippen molar-refractivity contribution in [2.45, 2.75) is 83.1 Å². The molecule has 0 radical (unpaired) electrons. The fraction of sp³-hybridized carbons (Fsp3) is 0.275. The van der Waals surface area contributed by atoms with Crippen LogP contribution in [0.1, 0.15) is 66.8 Å². The van der Waals surface area contributed by atoms with Crippen molar-refractivity contribution in [3.63, 3.8) is 0 Å². The molecule has 0 fully saturated rings. The average molecular weight is 840 g/mol. The number of nitrogens with zero attached hydrogens (tertiary/aromatic N) is 1. The molecule has 6 aromatic carbocycles. The maximum absolute atomic E-state index is 12.7. The molecule has 6 aromatic rings. The van der Waals surface area contributed by atoms with Crippen molar-refractivity contribution in [3.05, 3.63) is 152 Å². The van der Waals surface area contributed by atoms with E-state index in [1.54, 1.807) is 14.1 Å². The highest BCUT2D eigenvalue weighted by atomic mass is 28.5. The molecule has 0 spiro atoms. The van der Waals surface area contributed by atoms with Crippen LogP contribution >= 0.6 is 0 Å². The molecule has 0 saturated carbocycles. The van der Waals surface area contributed by atoms with Gasteiger partial charge in [0.15, 0.2) is 0 Å². The molecule has 0 heterocycles. The zero-order chi connectivity index (χ0) is 44.6. The molecule has 0 aromatic heterocycles. The van der Waals surface area contributed by atoms with Crippen molar-refractivity contribution in [1.82, 2.24) is 4.90 Å². The van der Waals surface area contributed by atoms with E-state index >= 15 is 0 Å². The van der Waals surface area contributed by atoms with Crippen LogP contribution in [0.15, 0.2) is 84.9 Å². The van der Waals surface area contributed by atoms with E-state index < -0.39 is 17.6 Å². The third kappa shape index (κ3) is 9.48. The Bertz CT molecular complexity index is 2190. The van der Waals surface area contributed by atoms with Gasteiger partial charge in [0.25, 0.3) is 0 Å². The van der Waals surface area contributed by atoms with Crippen LogP contribution in [0.3, 0.4) is 0 Å². The molecule has 0 aliphatic carbocycles. The first-order valence-electron chi connectivity index (χ1n) is 20.3. The summed E-state index contributed by atoms with van der Waals surface area (Å²) < 4.78 is 6.36. The predicted molar refractivity (Wildman–Crippen MR) is 252 cm³/mol. The van der Waals surface area contributed by atoms with Crippen LogP contribution in [0.25, 0.3) is 44.5 Å². The van der Waals surface area contributed by atoms with Gasteiger partial charge in [-0.2, -0.15) is 0 Å². The number of amides is 1. The Morgan fingerprint density at radius 3 is 0.767 bits per heavy atom. The Kier molecular flexibility index (Phi) is 13.8. The highest BCUT2D eigenvalue weighted by molar-refractivity contribution is 6.88. The highest BCUT2D eigenvalue weighted by Crippen LogP contribution is 2.38. The first kappa shape index (κ1) is 46.1. The molecule has 0 aliphatic rings. The van der Waals surface area contributed by atoms with Gasteiger partial charge in [-0.15, -0.1) is 0 Å². The predicted octanol–water partition coefficient (Wildman–Crippen LogP) is 8.74. The van der Waals surface area contributed by atoms with Gasteiger partial charge in [-0.1, -0.05) is 107 Å². The lowest BCUT2D eigenvalue weighted by atomic mass is 9.89. The summed E-state index contributed by atoms with van der Waals surface area (Å²) in [5.74, 6) is 0. The van der Waals surface area contributed by atoms with Gasteiger partial charge < -0.3 is 28.2 Å². The van der Waals surface area contributed by atoms with Gasteiger partial charge in [-0.3, -0.25) is 4.79 Å². The fourth-order valence-electron chi connectivity index (χ4n) is 9.36. The van der Waals surface area contributed by atoms with Gasteiger partial charge >= 0.3 is 17.6 Å². The summed E-state index contributed by atoms with van der Waals surface area (Å²) >= 11 is 0. The normalized spacial score (nSPS) is 11.6. The van der Waals surface area contributed by atoms with E-state index in [-0.39, 0.29) is 10.4 Å². The first-order valence-corrected chi connectivity index (χ1v) is 23.9. The van der Waals surface area contributed by atoms with Crippen molar-refractivity contribution >= 4 is 34.4 Å². The van der Waals surface area contributed by atoms with E-state index in [0.29, 0.717) is 22.3 Å². The fourth-order valence-corrected chi connectivity index (χ4v) is 14.0. The Hall–Kier alpha value is -4.98. The molecule has 9 heteroatoms. The van der Waals surface area contributed by atoms with E-state index in [0.717, 1.165) is 95.4 Å². The summed E-state index contributed by atoms with van der Waals surface area (Å²) in [5.41, 5.74) is 18.0. The maximum atomic E-state index is 12.7. The second-order valence-electron chi connectivity index (χ2n) is 16.9. The second-order valence-corrected chi connectivity index (χ2v) is 21.2. The minimum absolute atomic E-state index is 0.185. The summed E-state index contributed by atoms with van der Waals surface area (Å²) in [6.45, 7) is 24.3. The molecule has 314 valence electrons. The van der Waals surface area contributed by atoms with Gasteiger partial charge in [0, 0.05) is 24.5 Å². The van der Waals surface area contributed by atoms with E-state index in [1.807, 2.05) is 119 Å². The molecule has 0 unspecified atom stereocenters. The number of hydrogen-bond donors (Lipinski definition) is 4. The zero-order valence-electron chi connectivity index (χ0n) is 37.7. The molecule has 0 bridgehead atoms. The lowest BCUT2D eigenvalue weighted by Crippen LogP contribution is -2.66. The van der Waals surface area contributed by atoms with Crippen molar-refractivity contribution in [2.75, 3.05) is 14.1 Å². The molecule has 4 N–H and O–H groups in total. The maximum Gasteiger partial charge on any atom is 0.525 e. The van der Waals surface area contributed by atoms with Gasteiger partial charge in [0.1, 0.15) is 0 Å². The summed E-state index contributed by atoms with van der Waals surface area (Å²) in [7, 11) is -7.08. The van der Waals surface area contributed by atoms with E-state index in [9.17, 15) is 24.0 Å². The summed E-state index contributed by atoms with van der Waals surface area (Å²) in [5, 5.41) is 0.369. The van der Waals surface area contributed by atoms with Crippen LogP contribution in [-0.2, 0) is 8.91 Å². The van der Waals surface area contributed by atoms with Gasteiger partial charge in [-0.25, -0.2) is 0 Å². The number of carbonyl (C=O) groups excluding carboxylic acids is 1. The van der Waals surface area contributed by atoms with Crippen LogP contribution in [0, 0.1) is 83.1 Å². The standard InChI is InChI=1S/C48H54O5Si2.C3H7NO/c1-27-19-31(5)43(32(6)20-27)39-15-13-16-40(44-33(7)21-28(2)22-34(44)8)47(39)54(49,50)53-55(51,52)48-41(45-35(9)23-29(3)24-36(45)10)17-14-18-42(48)46-37(11)25-30(4)26-38(46)12;1-4(2)3-5/h13-26,49-52H,1-12H3;3H,1-2H3. The molecule has 7 nitrogen and oxygen atoms in total. The topological polar surface area (TPSA) is 110 Å². The van der Waals surface area contributed by atoms with E-state index in [2.05, 4.69) is 48.5 Å². The minimum Gasteiger partial charge on any atom is -0.387 e. The van der Waals surface area contributed by atoms with Crippen molar-refractivity contribution in [1.29, 1.82) is 0 Å². The first-order chi connectivity index (χ1) is 28.0. The van der Waals surface area contributed by atoms with Crippen molar-refractivity contribution in [3.8, 4) is 44.5 Å². The molecular formula is C51H61NO6Si2. The third-order valence-electron chi connectivity index (χ3n) is 11.1. The number of rotatable bonds is 9. The van der Waals surface area contributed by atoms with Crippen LogP contribution < -0.4 is 10.4 Å². The number of hydrogen-bond acceptors (Lipinski definition) is 6. The molecule has 0 atom stereocenters. The van der Waals surface area contributed by atoms with Crippen LogP contribution in [0.2, 0.25) is 0 Å². The monoisotopic (exact) mass is 839 g/mol. The lowest BCUT2D eigenvalue weighted by molar-refractivity contribution is -0.115. The van der Waals surface area contributed by atoms with Crippen LogP contribution in [0.5, 0.6) is 0 Å². The quantitative estimate of drug-likeness (QED) is 0.0857. The van der Waals surface area contributed by atoms with Crippen LogP contribution in [0.4, 0.5) is 0 Å². The zero-order valence-corrected chi connectivity index (χ0v) is 39.7. The Morgan fingerprint density at radius 1 is 0.417 bits per heavy atom. The van der Waals surface area contributed by atoms with E-state index in [4.69, 9.17) is 4.12 Å². The Labute approximate surface area is 359 Å². The molecule has 1 amide bonds. The largest absolute Gasteiger partial charge is 0.525 e. The molecule has 6 rings (SSSR count). The van der Waals surface area contributed by atoms with Crippen molar-refractivity contribution in [2.24, 2.45) is 0 Å². The van der Waals surface area contributed by atoms with Gasteiger partial charge in [0.2, 0.25) is 6.41 Å². The molecular weight excluding hydrogens is 779 g/mol. The average Bonchev–Trinajstić information content (AvgIpc) is 3.10. The minimum atomic E-state index is -5.23. The highest BCUT2D eigenvalue weighted by Gasteiger charge is 2.53. The summed E-state index contributed by atoms with van der Waals surface area (Å²) in [4.78, 5) is 61.8. The Balaban J connectivity index is 0.00000129. The smallest absolute Gasteiger partial charge is 0.387 e. The summed E-state index contributed by atoms with van der Waals surface area (Å²) in [6, 6.07) is 28.0. The second kappa shape index (κ2) is 17.9. The SMILES string of the molecule is CN(C)C=O.Cc1cc(C)c(-c2cccc(-c3c(C)cc(C)cc3C)c2[Si](O)(O)O[Si](O)(O)c2c(-c3c(C)cc(C)cc3C)cccc2-c2c(C)cc(C)cc2C)c(C)c1. The summed E-state index contributed by atoms with van der Waals surface area (Å²) in [6.07, 6.45) is 0.750. The molecule has 0 saturated heterocycles. The number of aryl methyl sites for hydroxylation is 12. The van der Waals surface area contributed by atoms with E-state index in [1.165, 1.54) is 4.90 Å². The lowest BCUT2D eigenvalue weighted by Gasteiger charge is -2.32. The van der Waals surface area contributed by atoms with Gasteiger partial charge in [0.05, 0.1) is 0 Å². The number of carbonyl (C=O) groups is 1. The number of benzene rings is 6. The Morgan fingerprint density at radius 2 is 0.600 bits per heavy atom. The third-order valence-corrected chi connectivity index (χ3v) is 15.7. The molecule has 0 aliphatic heterocycles. The van der Waals surface area contributed by atoms with Crippen molar-refractivity contribution < 1.29 is 28.1 Å².